The predicted octanol–water partition coefficient (Wildman–Crippen LogP) is 3.06. The van der Waals surface area contributed by atoms with E-state index >= 15 is 0 Å². The van der Waals surface area contributed by atoms with Gasteiger partial charge in [-0.05, 0) is 37.0 Å². The van der Waals surface area contributed by atoms with Gasteiger partial charge in [0.2, 0.25) is 0 Å². The zero-order chi connectivity index (χ0) is 12.3. The second kappa shape index (κ2) is 5.94. The molecule has 0 spiro atoms. The van der Waals surface area contributed by atoms with Crippen LogP contribution >= 0.6 is 15.9 Å². The van der Waals surface area contributed by atoms with E-state index in [1.807, 2.05) is 0 Å². The summed E-state index contributed by atoms with van der Waals surface area (Å²) in [5.41, 5.74) is 0.537. The molecule has 0 bridgehead atoms. The molecule has 1 N–H and O–H groups in total. The van der Waals surface area contributed by atoms with Gasteiger partial charge >= 0.3 is 0 Å². The van der Waals surface area contributed by atoms with Gasteiger partial charge in [-0.25, -0.2) is 4.39 Å². The highest BCUT2D eigenvalue weighted by molar-refractivity contribution is 9.10. The molecule has 0 amide bonds. The molecule has 0 saturated carbocycles. The predicted molar refractivity (Wildman–Crippen MR) is 67.4 cm³/mol. The molecule has 17 heavy (non-hydrogen) atoms. The van der Waals surface area contributed by atoms with E-state index in [0.717, 1.165) is 19.3 Å². The molecule has 1 aliphatic heterocycles. The fraction of sp³-hybridized carbons (Fsp3) is 0.538. The third kappa shape index (κ3) is 3.50. The maximum Gasteiger partial charge on any atom is 0.127 e. The fourth-order valence-corrected chi connectivity index (χ4v) is 2.45. The van der Waals surface area contributed by atoms with E-state index in [4.69, 9.17) is 4.74 Å². The lowest BCUT2D eigenvalue weighted by atomic mass is 9.98. The van der Waals surface area contributed by atoms with Gasteiger partial charge in [-0.1, -0.05) is 22.0 Å². The second-order valence-electron chi connectivity index (χ2n) is 4.41. The van der Waals surface area contributed by atoms with Gasteiger partial charge in [0.1, 0.15) is 5.82 Å². The Kier molecular flexibility index (Phi) is 4.54. The number of aliphatic hydroxyl groups excluding tert-OH is 1. The maximum absolute atomic E-state index is 13.6. The molecule has 1 aromatic rings. The van der Waals surface area contributed by atoms with Crippen molar-refractivity contribution in [3.63, 3.8) is 0 Å². The van der Waals surface area contributed by atoms with Gasteiger partial charge in [0.05, 0.1) is 12.2 Å². The third-order valence-electron chi connectivity index (χ3n) is 3.09. The van der Waals surface area contributed by atoms with Crippen LogP contribution in [0.2, 0.25) is 0 Å². The molecule has 94 valence electrons. The van der Waals surface area contributed by atoms with Crippen LogP contribution in [-0.4, -0.2) is 23.9 Å². The Labute approximate surface area is 109 Å². The topological polar surface area (TPSA) is 29.5 Å². The Morgan fingerprint density at radius 2 is 2.29 bits per heavy atom. The molecule has 2 atom stereocenters. The molecule has 0 aliphatic carbocycles. The first-order valence-electron chi connectivity index (χ1n) is 5.90. The summed E-state index contributed by atoms with van der Waals surface area (Å²) >= 11 is 3.21. The van der Waals surface area contributed by atoms with Crippen LogP contribution in [-0.2, 0) is 11.2 Å². The first-order chi connectivity index (χ1) is 8.16. The monoisotopic (exact) mass is 302 g/mol. The first-order valence-corrected chi connectivity index (χ1v) is 6.69. The van der Waals surface area contributed by atoms with Crippen molar-refractivity contribution >= 4 is 15.9 Å². The van der Waals surface area contributed by atoms with Crippen LogP contribution in [0.1, 0.15) is 24.8 Å². The SMILES string of the molecule is OC(Cc1ccc(Br)cc1F)C1CCCCO1. The molecule has 1 fully saturated rings. The van der Waals surface area contributed by atoms with Crippen LogP contribution in [0.25, 0.3) is 0 Å². The van der Waals surface area contributed by atoms with Crippen LogP contribution in [0, 0.1) is 5.82 Å². The lowest BCUT2D eigenvalue weighted by molar-refractivity contribution is -0.0613. The summed E-state index contributed by atoms with van der Waals surface area (Å²) in [6.45, 7) is 0.699. The highest BCUT2D eigenvalue weighted by Gasteiger charge is 2.23. The van der Waals surface area contributed by atoms with Crippen LogP contribution in [0.3, 0.4) is 0 Å². The Bertz CT molecular complexity index is 378. The van der Waals surface area contributed by atoms with Gasteiger partial charge in [-0.3, -0.25) is 0 Å². The molecule has 1 aromatic carbocycles. The maximum atomic E-state index is 13.6. The Balaban J connectivity index is 1.99. The van der Waals surface area contributed by atoms with Gasteiger partial charge in [-0.2, -0.15) is 0 Å². The molecule has 2 unspecified atom stereocenters. The largest absolute Gasteiger partial charge is 0.390 e. The number of aliphatic hydroxyl groups is 1. The lowest BCUT2D eigenvalue weighted by Crippen LogP contribution is -2.33. The molecule has 2 nitrogen and oxygen atoms in total. The number of hydrogen-bond donors (Lipinski definition) is 1. The minimum Gasteiger partial charge on any atom is -0.390 e. The van der Waals surface area contributed by atoms with Gasteiger partial charge < -0.3 is 9.84 Å². The van der Waals surface area contributed by atoms with Gasteiger partial charge in [-0.15, -0.1) is 0 Å². The molecule has 0 radical (unpaired) electrons. The smallest absolute Gasteiger partial charge is 0.127 e. The minimum absolute atomic E-state index is 0.146. The van der Waals surface area contributed by atoms with Gasteiger partial charge in [0.15, 0.2) is 0 Å². The van der Waals surface area contributed by atoms with Crippen molar-refractivity contribution in [3.05, 3.63) is 34.1 Å². The quantitative estimate of drug-likeness (QED) is 0.930. The number of benzene rings is 1. The van der Waals surface area contributed by atoms with Crippen molar-refractivity contribution in [2.24, 2.45) is 0 Å². The zero-order valence-electron chi connectivity index (χ0n) is 9.53. The van der Waals surface area contributed by atoms with E-state index in [-0.39, 0.29) is 11.9 Å². The normalized spacial score (nSPS) is 22.4. The summed E-state index contributed by atoms with van der Waals surface area (Å²) in [6, 6.07) is 4.90. The standard InChI is InChI=1S/C13H16BrFO2/c14-10-5-4-9(11(15)8-10)7-12(16)13-3-1-2-6-17-13/h4-5,8,12-13,16H,1-3,6-7H2. The summed E-state index contributed by atoms with van der Waals surface area (Å²) in [4.78, 5) is 0. The molecular weight excluding hydrogens is 287 g/mol. The molecule has 1 saturated heterocycles. The van der Waals surface area contributed by atoms with E-state index in [1.54, 1.807) is 12.1 Å². The summed E-state index contributed by atoms with van der Waals surface area (Å²) in [7, 11) is 0. The molecule has 4 heteroatoms. The summed E-state index contributed by atoms with van der Waals surface area (Å²) < 4.78 is 19.8. The van der Waals surface area contributed by atoms with Gasteiger partial charge in [0.25, 0.3) is 0 Å². The summed E-state index contributed by atoms with van der Waals surface area (Å²) in [6.07, 6.45) is 2.53. The molecule has 1 heterocycles. The minimum atomic E-state index is -0.619. The van der Waals surface area contributed by atoms with Crippen molar-refractivity contribution in [2.75, 3.05) is 6.61 Å². The van der Waals surface area contributed by atoms with E-state index in [0.29, 0.717) is 23.1 Å². The summed E-state index contributed by atoms with van der Waals surface area (Å²) in [5.74, 6) is -0.283. The summed E-state index contributed by atoms with van der Waals surface area (Å²) in [5, 5.41) is 10.0. The van der Waals surface area contributed by atoms with Crippen molar-refractivity contribution < 1.29 is 14.2 Å². The zero-order valence-corrected chi connectivity index (χ0v) is 11.1. The van der Waals surface area contributed by atoms with Crippen molar-refractivity contribution in [3.8, 4) is 0 Å². The van der Waals surface area contributed by atoms with Crippen LogP contribution in [0.15, 0.2) is 22.7 Å². The molecule has 1 aliphatic rings. The van der Waals surface area contributed by atoms with Crippen LogP contribution < -0.4 is 0 Å². The second-order valence-corrected chi connectivity index (χ2v) is 5.33. The van der Waals surface area contributed by atoms with E-state index in [9.17, 15) is 9.50 Å². The number of ether oxygens (including phenoxy) is 1. The average Bonchev–Trinajstić information content (AvgIpc) is 2.34. The Morgan fingerprint density at radius 1 is 1.47 bits per heavy atom. The van der Waals surface area contributed by atoms with Crippen LogP contribution in [0.5, 0.6) is 0 Å². The molecule has 2 rings (SSSR count). The Hall–Kier alpha value is -0.450. The van der Waals surface area contributed by atoms with Crippen LogP contribution in [0.4, 0.5) is 4.39 Å². The van der Waals surface area contributed by atoms with Gasteiger partial charge in [0, 0.05) is 17.5 Å². The van der Waals surface area contributed by atoms with E-state index in [1.165, 1.54) is 6.07 Å². The van der Waals surface area contributed by atoms with E-state index in [2.05, 4.69) is 15.9 Å². The Morgan fingerprint density at radius 3 is 2.94 bits per heavy atom. The molecular formula is C13H16BrFO2. The average molecular weight is 303 g/mol. The van der Waals surface area contributed by atoms with Crippen molar-refractivity contribution in [2.45, 2.75) is 37.9 Å². The first kappa shape index (κ1) is 13.0. The van der Waals surface area contributed by atoms with Crippen molar-refractivity contribution in [1.29, 1.82) is 0 Å². The molecule has 0 aromatic heterocycles. The number of halogens is 2. The highest BCUT2D eigenvalue weighted by atomic mass is 79.9. The highest BCUT2D eigenvalue weighted by Crippen LogP contribution is 2.21. The fourth-order valence-electron chi connectivity index (χ4n) is 2.11. The lowest BCUT2D eigenvalue weighted by Gasteiger charge is -2.27. The number of hydrogen-bond acceptors (Lipinski definition) is 2. The number of rotatable bonds is 3. The van der Waals surface area contributed by atoms with Crippen molar-refractivity contribution in [1.82, 2.24) is 0 Å². The van der Waals surface area contributed by atoms with E-state index < -0.39 is 6.10 Å². The third-order valence-corrected chi connectivity index (χ3v) is 3.58.